The van der Waals surface area contributed by atoms with E-state index in [1.165, 1.54) is 24.4 Å². The van der Waals surface area contributed by atoms with Gasteiger partial charge in [0.15, 0.2) is 11.6 Å². The molecular formula is C20H19ClFN3O3. The summed E-state index contributed by atoms with van der Waals surface area (Å²) in [7, 11) is 1.61. The van der Waals surface area contributed by atoms with Crippen molar-refractivity contribution in [2.45, 2.75) is 19.9 Å². The highest BCUT2D eigenvalue weighted by atomic mass is 35.5. The summed E-state index contributed by atoms with van der Waals surface area (Å²) in [6.45, 7) is 2.67. The lowest BCUT2D eigenvalue weighted by Crippen LogP contribution is -2.06. The van der Waals surface area contributed by atoms with Crippen LogP contribution in [0.25, 0.3) is 0 Å². The number of carbonyl (C=O) groups excluding carboxylic acids is 2. The zero-order valence-electron chi connectivity index (χ0n) is 15.5. The summed E-state index contributed by atoms with van der Waals surface area (Å²) in [5, 5.41) is 4.20. The summed E-state index contributed by atoms with van der Waals surface area (Å²) in [4.78, 5) is 27.9. The van der Waals surface area contributed by atoms with Gasteiger partial charge in [-0.3, -0.25) is 14.3 Å². The van der Waals surface area contributed by atoms with Gasteiger partial charge in [0, 0.05) is 31.5 Å². The number of H-pyrrole nitrogens is 1. The second kappa shape index (κ2) is 8.50. The van der Waals surface area contributed by atoms with Gasteiger partial charge in [0.2, 0.25) is 0 Å². The maximum absolute atomic E-state index is 14.3. The Hall–Kier alpha value is -2.77. The molecule has 0 bridgehead atoms. The standard InChI is InChI=1S/C20H19ClFN3O3/c1-12-3-4-15(21)18(19(12)22)20(27)14-8-16(23-10-14)17(26)7-13-9-24-25(11-13)5-6-28-2/h3-4,8-11,23H,5-7H2,1-2H3. The van der Waals surface area contributed by atoms with E-state index in [-0.39, 0.29) is 34.0 Å². The Bertz CT molecular complexity index is 1030. The highest BCUT2D eigenvalue weighted by Gasteiger charge is 2.21. The summed E-state index contributed by atoms with van der Waals surface area (Å²) in [5.41, 5.74) is 1.31. The lowest BCUT2D eigenvalue weighted by atomic mass is 10.0. The van der Waals surface area contributed by atoms with Crippen LogP contribution in [-0.4, -0.2) is 40.0 Å². The number of hydrogen-bond donors (Lipinski definition) is 1. The number of methoxy groups -OCH3 is 1. The van der Waals surface area contributed by atoms with Gasteiger partial charge in [0.25, 0.3) is 0 Å². The van der Waals surface area contributed by atoms with Crippen LogP contribution in [-0.2, 0) is 17.7 Å². The number of nitrogens with zero attached hydrogens (tertiary/aromatic N) is 2. The molecule has 0 aliphatic carbocycles. The van der Waals surface area contributed by atoms with E-state index < -0.39 is 11.6 Å². The van der Waals surface area contributed by atoms with Gasteiger partial charge in [-0.25, -0.2) is 4.39 Å². The lowest BCUT2D eigenvalue weighted by Gasteiger charge is -2.06. The molecule has 8 heteroatoms. The van der Waals surface area contributed by atoms with Crippen LogP contribution in [0.15, 0.2) is 36.8 Å². The topological polar surface area (TPSA) is 77.0 Å². The summed E-state index contributed by atoms with van der Waals surface area (Å²) >= 11 is 6.01. The number of aromatic nitrogens is 3. The molecule has 28 heavy (non-hydrogen) atoms. The van der Waals surface area contributed by atoms with Gasteiger partial charge < -0.3 is 9.72 Å². The summed E-state index contributed by atoms with van der Waals surface area (Å²) in [6, 6.07) is 4.40. The Morgan fingerprint density at radius 2 is 2.14 bits per heavy atom. The number of hydrogen-bond acceptors (Lipinski definition) is 4. The van der Waals surface area contributed by atoms with Crippen molar-refractivity contribution in [3.8, 4) is 0 Å². The molecule has 0 spiro atoms. The van der Waals surface area contributed by atoms with Crippen LogP contribution in [0.3, 0.4) is 0 Å². The normalized spacial score (nSPS) is 11.0. The van der Waals surface area contributed by atoms with Gasteiger partial charge in [-0.2, -0.15) is 5.10 Å². The van der Waals surface area contributed by atoms with Crippen molar-refractivity contribution in [3.63, 3.8) is 0 Å². The molecule has 3 aromatic rings. The van der Waals surface area contributed by atoms with Crippen molar-refractivity contribution in [1.82, 2.24) is 14.8 Å². The molecule has 0 radical (unpaired) electrons. The second-order valence-electron chi connectivity index (χ2n) is 6.39. The van der Waals surface area contributed by atoms with E-state index in [9.17, 15) is 14.0 Å². The molecule has 0 fully saturated rings. The first kappa shape index (κ1) is 20.0. The Balaban J connectivity index is 1.75. The van der Waals surface area contributed by atoms with Crippen LogP contribution in [0, 0.1) is 12.7 Å². The van der Waals surface area contributed by atoms with E-state index in [0.29, 0.717) is 18.7 Å². The van der Waals surface area contributed by atoms with E-state index in [0.717, 1.165) is 5.56 Å². The smallest absolute Gasteiger partial charge is 0.199 e. The quantitative estimate of drug-likeness (QED) is 0.583. The Labute approximate surface area is 166 Å². The van der Waals surface area contributed by atoms with Crippen LogP contribution in [0.4, 0.5) is 4.39 Å². The number of nitrogens with one attached hydrogen (secondary N) is 1. The maximum Gasteiger partial charge on any atom is 0.199 e. The average molecular weight is 404 g/mol. The Morgan fingerprint density at radius 1 is 1.36 bits per heavy atom. The Morgan fingerprint density at radius 3 is 2.89 bits per heavy atom. The number of ether oxygens (including phenoxy) is 1. The molecule has 0 amide bonds. The molecule has 0 saturated carbocycles. The number of ketones is 2. The molecule has 0 unspecified atom stereocenters. The van der Waals surface area contributed by atoms with Crippen molar-refractivity contribution in [2.24, 2.45) is 0 Å². The fourth-order valence-corrected chi connectivity index (χ4v) is 3.01. The van der Waals surface area contributed by atoms with Crippen LogP contribution < -0.4 is 0 Å². The number of rotatable bonds is 8. The van der Waals surface area contributed by atoms with Gasteiger partial charge >= 0.3 is 0 Å². The van der Waals surface area contributed by atoms with Gasteiger partial charge in [-0.05, 0) is 30.2 Å². The fourth-order valence-electron chi connectivity index (χ4n) is 2.78. The van der Waals surface area contributed by atoms with E-state index in [4.69, 9.17) is 16.3 Å². The molecule has 0 atom stereocenters. The summed E-state index contributed by atoms with van der Waals surface area (Å²) < 4.78 is 21.0. The summed E-state index contributed by atoms with van der Waals surface area (Å²) in [6.07, 6.45) is 4.90. The average Bonchev–Trinajstić information content (AvgIpc) is 3.33. The molecule has 2 heterocycles. The molecule has 2 aromatic heterocycles. The third-order valence-electron chi connectivity index (χ3n) is 4.33. The predicted octanol–water partition coefficient (Wildman–Crippen LogP) is 3.61. The van der Waals surface area contributed by atoms with E-state index in [1.807, 2.05) is 0 Å². The Kier molecular flexibility index (Phi) is 6.06. The SMILES string of the molecule is COCCn1cc(CC(=O)c2cc(C(=O)c3c(Cl)ccc(C)c3F)c[nH]2)cn1. The van der Waals surface area contributed by atoms with Crippen molar-refractivity contribution < 1.29 is 18.7 Å². The van der Waals surface area contributed by atoms with Gasteiger partial charge in [0.05, 0.1) is 35.6 Å². The fraction of sp³-hybridized carbons (Fsp3) is 0.250. The van der Waals surface area contributed by atoms with Gasteiger partial charge in [0.1, 0.15) is 5.82 Å². The van der Waals surface area contributed by atoms with E-state index in [1.54, 1.807) is 31.1 Å². The van der Waals surface area contributed by atoms with Crippen molar-refractivity contribution >= 4 is 23.2 Å². The highest BCUT2D eigenvalue weighted by Crippen LogP contribution is 2.25. The zero-order chi connectivity index (χ0) is 20.3. The van der Waals surface area contributed by atoms with Gasteiger partial charge in [-0.1, -0.05) is 17.7 Å². The summed E-state index contributed by atoms with van der Waals surface area (Å²) in [5.74, 6) is -1.44. The monoisotopic (exact) mass is 403 g/mol. The minimum Gasteiger partial charge on any atom is -0.383 e. The van der Waals surface area contributed by atoms with E-state index >= 15 is 0 Å². The first-order valence-corrected chi connectivity index (χ1v) is 8.99. The molecule has 1 aromatic carbocycles. The number of carbonyl (C=O) groups is 2. The van der Waals surface area contributed by atoms with Crippen molar-refractivity contribution in [2.75, 3.05) is 13.7 Å². The first-order chi connectivity index (χ1) is 13.4. The maximum atomic E-state index is 14.3. The molecule has 0 aliphatic heterocycles. The van der Waals surface area contributed by atoms with Crippen LogP contribution in [0.5, 0.6) is 0 Å². The number of benzene rings is 1. The van der Waals surface area contributed by atoms with Crippen LogP contribution >= 0.6 is 11.6 Å². The van der Waals surface area contributed by atoms with Crippen LogP contribution in [0.2, 0.25) is 5.02 Å². The minimum atomic E-state index is -0.657. The first-order valence-electron chi connectivity index (χ1n) is 8.62. The number of aryl methyl sites for hydroxylation is 1. The predicted molar refractivity (Wildman–Crippen MR) is 103 cm³/mol. The molecule has 0 saturated heterocycles. The van der Waals surface area contributed by atoms with E-state index in [2.05, 4.69) is 10.1 Å². The second-order valence-corrected chi connectivity index (χ2v) is 6.80. The largest absolute Gasteiger partial charge is 0.383 e. The number of aromatic amines is 1. The molecular weight excluding hydrogens is 385 g/mol. The molecule has 6 nitrogen and oxygen atoms in total. The molecule has 146 valence electrons. The van der Waals surface area contributed by atoms with Gasteiger partial charge in [-0.15, -0.1) is 0 Å². The van der Waals surface area contributed by atoms with Crippen molar-refractivity contribution in [3.05, 3.63) is 75.6 Å². The van der Waals surface area contributed by atoms with Crippen molar-refractivity contribution in [1.29, 1.82) is 0 Å². The third kappa shape index (κ3) is 4.21. The third-order valence-corrected chi connectivity index (χ3v) is 4.65. The highest BCUT2D eigenvalue weighted by molar-refractivity contribution is 6.35. The zero-order valence-corrected chi connectivity index (χ0v) is 16.2. The number of Topliss-reactive ketones (excluding diaryl/α,β-unsaturated/α-hetero) is 1. The molecule has 1 N–H and O–H groups in total. The number of halogens is 2. The minimum absolute atomic E-state index is 0.0330. The molecule has 3 rings (SSSR count). The van der Waals surface area contributed by atoms with Crippen LogP contribution in [0.1, 0.15) is 37.5 Å². The molecule has 0 aliphatic rings. The lowest BCUT2D eigenvalue weighted by molar-refractivity contribution is 0.0988.